The molecule has 0 aliphatic heterocycles. The van der Waals surface area contributed by atoms with E-state index in [1.165, 1.54) is 0 Å². The molecule has 2 aromatic carbocycles. The molecule has 20 heavy (non-hydrogen) atoms. The van der Waals surface area contributed by atoms with Crippen LogP contribution < -0.4 is 0 Å². The molecular formula is C15H10ClF3O. The minimum absolute atomic E-state index is 0.100. The molecule has 0 amide bonds. The second kappa shape index (κ2) is 5.67. The molecule has 0 atom stereocenters. The summed E-state index contributed by atoms with van der Waals surface area (Å²) >= 11 is 5.78. The zero-order chi connectivity index (χ0) is 14.8. The van der Waals surface area contributed by atoms with Crippen molar-refractivity contribution < 1.29 is 18.0 Å². The van der Waals surface area contributed by atoms with Gasteiger partial charge in [-0.25, -0.2) is 0 Å². The van der Waals surface area contributed by atoms with Gasteiger partial charge in [0.15, 0.2) is 5.78 Å². The van der Waals surface area contributed by atoms with E-state index in [4.69, 9.17) is 11.6 Å². The molecule has 0 unspecified atom stereocenters. The van der Waals surface area contributed by atoms with E-state index in [0.29, 0.717) is 0 Å². The molecule has 0 aromatic heterocycles. The molecule has 0 radical (unpaired) electrons. The molecule has 0 aliphatic carbocycles. The Hall–Kier alpha value is -1.81. The van der Waals surface area contributed by atoms with Crippen molar-refractivity contribution in [1.82, 2.24) is 0 Å². The lowest BCUT2D eigenvalue weighted by molar-refractivity contribution is -0.137. The third-order valence-corrected chi connectivity index (χ3v) is 3.12. The molecule has 0 bridgehead atoms. The normalized spacial score (nSPS) is 11.4. The Bertz CT molecular complexity index is 621. The largest absolute Gasteiger partial charge is 0.416 e. The number of hydrogen-bond acceptors (Lipinski definition) is 1. The molecule has 2 rings (SSSR count). The molecule has 0 saturated heterocycles. The fourth-order valence-electron chi connectivity index (χ4n) is 1.79. The summed E-state index contributed by atoms with van der Waals surface area (Å²) in [4.78, 5) is 12.0. The average molecular weight is 299 g/mol. The average Bonchev–Trinajstić information content (AvgIpc) is 2.38. The van der Waals surface area contributed by atoms with E-state index in [2.05, 4.69) is 0 Å². The van der Waals surface area contributed by atoms with Crippen molar-refractivity contribution in [1.29, 1.82) is 0 Å². The summed E-state index contributed by atoms with van der Waals surface area (Å²) in [6.07, 6.45) is -4.36. The van der Waals surface area contributed by atoms with Gasteiger partial charge in [-0.15, -0.1) is 0 Å². The van der Waals surface area contributed by atoms with Gasteiger partial charge in [0.2, 0.25) is 0 Å². The lowest BCUT2D eigenvalue weighted by Crippen LogP contribution is -2.08. The number of Topliss-reactive ketones (excluding diaryl/α,β-unsaturated/α-hetero) is 1. The molecule has 0 spiro atoms. The van der Waals surface area contributed by atoms with Crippen LogP contribution >= 0.6 is 11.6 Å². The topological polar surface area (TPSA) is 17.1 Å². The lowest BCUT2D eigenvalue weighted by atomic mass is 10.0. The van der Waals surface area contributed by atoms with E-state index < -0.39 is 11.7 Å². The Morgan fingerprint density at radius 3 is 2.25 bits per heavy atom. The Morgan fingerprint density at radius 1 is 1.05 bits per heavy atom. The van der Waals surface area contributed by atoms with Gasteiger partial charge < -0.3 is 0 Å². The van der Waals surface area contributed by atoms with Crippen LogP contribution in [-0.4, -0.2) is 5.78 Å². The van der Waals surface area contributed by atoms with Crippen LogP contribution in [-0.2, 0) is 12.6 Å². The smallest absolute Gasteiger partial charge is 0.294 e. The zero-order valence-corrected chi connectivity index (χ0v) is 11.0. The van der Waals surface area contributed by atoms with Crippen molar-refractivity contribution in [2.45, 2.75) is 12.6 Å². The lowest BCUT2D eigenvalue weighted by Gasteiger charge is -2.09. The van der Waals surface area contributed by atoms with E-state index in [1.807, 2.05) is 6.07 Å². The van der Waals surface area contributed by atoms with Gasteiger partial charge in [-0.05, 0) is 23.8 Å². The minimum atomic E-state index is -4.47. The minimum Gasteiger partial charge on any atom is -0.294 e. The first kappa shape index (κ1) is 14.6. The predicted octanol–water partition coefficient (Wildman–Crippen LogP) is 4.78. The van der Waals surface area contributed by atoms with Crippen molar-refractivity contribution in [3.63, 3.8) is 0 Å². The highest BCUT2D eigenvalue weighted by Crippen LogP contribution is 2.32. The second-order valence-electron chi connectivity index (χ2n) is 4.28. The summed E-state index contributed by atoms with van der Waals surface area (Å²) in [5.74, 6) is -0.310. The van der Waals surface area contributed by atoms with Gasteiger partial charge in [0.1, 0.15) is 0 Å². The molecule has 0 saturated carbocycles. The Morgan fingerprint density at radius 2 is 1.70 bits per heavy atom. The number of alkyl halides is 3. The zero-order valence-electron chi connectivity index (χ0n) is 10.2. The molecule has 5 heteroatoms. The Balaban J connectivity index is 2.23. The van der Waals surface area contributed by atoms with Gasteiger partial charge in [-0.2, -0.15) is 13.2 Å². The van der Waals surface area contributed by atoms with Gasteiger partial charge in [-0.1, -0.05) is 41.9 Å². The maximum Gasteiger partial charge on any atom is 0.416 e. The van der Waals surface area contributed by atoms with Gasteiger partial charge in [0, 0.05) is 12.0 Å². The maximum absolute atomic E-state index is 12.5. The van der Waals surface area contributed by atoms with Crippen molar-refractivity contribution in [3.8, 4) is 0 Å². The molecule has 0 heterocycles. The van der Waals surface area contributed by atoms with Crippen molar-refractivity contribution in [2.75, 3.05) is 0 Å². The van der Waals surface area contributed by atoms with Crippen LogP contribution in [0.15, 0.2) is 48.5 Å². The van der Waals surface area contributed by atoms with Crippen molar-refractivity contribution in [2.24, 2.45) is 0 Å². The standard InChI is InChI=1S/C15H10ClF3O/c16-13-9-11(15(17,18)19)6-7-12(13)14(20)8-10-4-2-1-3-5-10/h1-7,9H,8H2. The van der Waals surface area contributed by atoms with E-state index >= 15 is 0 Å². The van der Waals surface area contributed by atoms with Crippen molar-refractivity contribution >= 4 is 17.4 Å². The first-order valence-electron chi connectivity index (χ1n) is 5.82. The van der Waals surface area contributed by atoms with E-state index in [1.54, 1.807) is 24.3 Å². The maximum atomic E-state index is 12.5. The summed E-state index contributed by atoms with van der Waals surface area (Å²) in [5.41, 5.74) is 0.0238. The number of benzene rings is 2. The third kappa shape index (κ3) is 3.39. The fourth-order valence-corrected chi connectivity index (χ4v) is 2.08. The summed E-state index contributed by atoms with van der Waals surface area (Å²) < 4.78 is 37.5. The molecular weight excluding hydrogens is 289 g/mol. The van der Waals surface area contributed by atoms with Gasteiger partial charge in [-0.3, -0.25) is 4.79 Å². The Kier molecular flexibility index (Phi) is 4.14. The summed E-state index contributed by atoms with van der Waals surface area (Å²) in [7, 11) is 0. The second-order valence-corrected chi connectivity index (χ2v) is 4.69. The van der Waals surface area contributed by atoms with Crippen molar-refractivity contribution in [3.05, 3.63) is 70.2 Å². The van der Waals surface area contributed by atoms with Gasteiger partial charge in [0.05, 0.1) is 10.6 Å². The number of hydrogen-bond donors (Lipinski definition) is 0. The molecule has 0 aliphatic rings. The van der Waals surface area contributed by atoms with Crippen LogP contribution in [0.2, 0.25) is 5.02 Å². The molecule has 0 fully saturated rings. The van der Waals surface area contributed by atoms with Crippen LogP contribution in [0, 0.1) is 0 Å². The van der Waals surface area contributed by atoms with Gasteiger partial charge in [0.25, 0.3) is 0 Å². The number of halogens is 4. The summed E-state index contributed by atoms with van der Waals surface area (Å²) in [6.45, 7) is 0. The number of carbonyl (C=O) groups is 1. The fraction of sp³-hybridized carbons (Fsp3) is 0.133. The highest BCUT2D eigenvalue weighted by atomic mass is 35.5. The van der Waals surface area contributed by atoms with Crippen LogP contribution in [0.5, 0.6) is 0 Å². The highest BCUT2D eigenvalue weighted by Gasteiger charge is 2.31. The van der Waals surface area contributed by atoms with Crippen LogP contribution in [0.25, 0.3) is 0 Å². The number of ketones is 1. The predicted molar refractivity (Wildman–Crippen MR) is 70.9 cm³/mol. The van der Waals surface area contributed by atoms with Crippen LogP contribution in [0.4, 0.5) is 13.2 Å². The first-order valence-corrected chi connectivity index (χ1v) is 6.19. The highest BCUT2D eigenvalue weighted by molar-refractivity contribution is 6.34. The van der Waals surface area contributed by atoms with E-state index in [-0.39, 0.29) is 22.8 Å². The molecule has 2 aromatic rings. The number of carbonyl (C=O) groups excluding carboxylic acids is 1. The number of rotatable bonds is 3. The van der Waals surface area contributed by atoms with E-state index in [0.717, 1.165) is 23.8 Å². The van der Waals surface area contributed by atoms with Crippen LogP contribution in [0.1, 0.15) is 21.5 Å². The quantitative estimate of drug-likeness (QED) is 0.745. The summed E-state index contributed by atoms with van der Waals surface area (Å²) in [5, 5.41) is -0.180. The summed E-state index contributed by atoms with van der Waals surface area (Å²) in [6, 6.07) is 11.7. The first-order chi connectivity index (χ1) is 9.38. The molecule has 1 nitrogen and oxygen atoms in total. The van der Waals surface area contributed by atoms with E-state index in [9.17, 15) is 18.0 Å². The SMILES string of the molecule is O=C(Cc1ccccc1)c1ccc(C(F)(F)F)cc1Cl. The monoisotopic (exact) mass is 298 g/mol. The molecule has 0 N–H and O–H groups in total. The van der Waals surface area contributed by atoms with Crippen LogP contribution in [0.3, 0.4) is 0 Å². The molecule has 104 valence electrons. The Labute approximate surface area is 119 Å². The van der Waals surface area contributed by atoms with Gasteiger partial charge >= 0.3 is 6.18 Å². The third-order valence-electron chi connectivity index (χ3n) is 2.80.